The van der Waals surface area contributed by atoms with Gasteiger partial charge in [-0.2, -0.15) is 0 Å². The number of hydrogen-bond acceptors (Lipinski definition) is 3. The third kappa shape index (κ3) is 3.56. The normalized spacial score (nSPS) is 30.1. The van der Waals surface area contributed by atoms with Gasteiger partial charge in [0.05, 0.1) is 18.4 Å². The molecule has 2 rings (SSSR count). The molecule has 21 heavy (non-hydrogen) atoms. The lowest BCUT2D eigenvalue weighted by molar-refractivity contribution is -0.149. The molecule has 2 aliphatic rings. The van der Waals surface area contributed by atoms with Gasteiger partial charge in [-0.1, -0.05) is 19.3 Å². The summed E-state index contributed by atoms with van der Waals surface area (Å²) in [6.07, 6.45) is 7.60. The Morgan fingerprint density at radius 2 is 1.81 bits per heavy atom. The Labute approximate surface area is 126 Å². The summed E-state index contributed by atoms with van der Waals surface area (Å²) in [7, 11) is 0. The zero-order valence-electron chi connectivity index (χ0n) is 12.6. The van der Waals surface area contributed by atoms with Gasteiger partial charge in [-0.3, -0.25) is 14.5 Å². The fourth-order valence-electron chi connectivity index (χ4n) is 3.51. The molecule has 1 amide bonds. The molecule has 0 bridgehead atoms. The summed E-state index contributed by atoms with van der Waals surface area (Å²) < 4.78 is 0. The Bertz CT molecular complexity index is 435. The van der Waals surface area contributed by atoms with Crippen LogP contribution >= 0.6 is 0 Å². The largest absolute Gasteiger partial charge is 0.481 e. The summed E-state index contributed by atoms with van der Waals surface area (Å²) in [6, 6.07) is 0. The highest BCUT2D eigenvalue weighted by Gasteiger charge is 2.43. The number of nitrogens with zero attached hydrogens (tertiary/aromatic N) is 2. The molecule has 1 aliphatic carbocycles. The number of carbonyl (C=O) groups is 2. The number of carboxylic acid groups (broad SMARTS) is 1. The summed E-state index contributed by atoms with van der Waals surface area (Å²) in [5.41, 5.74) is 0. The smallest absolute Gasteiger partial charge is 0.307 e. The van der Waals surface area contributed by atoms with Crippen LogP contribution in [0.4, 0.5) is 0 Å². The van der Waals surface area contributed by atoms with Crippen LogP contribution < -0.4 is 0 Å². The van der Waals surface area contributed by atoms with E-state index in [1.807, 2.05) is 4.90 Å². The van der Waals surface area contributed by atoms with E-state index in [-0.39, 0.29) is 11.8 Å². The number of aliphatic carboxylic acids is 1. The van der Waals surface area contributed by atoms with Crippen LogP contribution in [0, 0.1) is 30.1 Å². The lowest BCUT2D eigenvalue weighted by Gasteiger charge is -2.35. The van der Waals surface area contributed by atoms with Gasteiger partial charge in [0.2, 0.25) is 5.91 Å². The monoisotopic (exact) mass is 292 g/mol. The van der Waals surface area contributed by atoms with Gasteiger partial charge in [0.25, 0.3) is 0 Å². The SMILES string of the molecule is C#CCN1CCN(C(=O)C2CC(CC)CC2C(=O)O)CC1. The standard InChI is InChI=1S/C16H24N2O3/c1-3-5-17-6-8-18(9-7-17)15(19)13-10-12(4-2)11-14(13)16(20)21/h1,12-14H,4-11H2,2H3,(H,20,21). The molecule has 1 N–H and O–H groups in total. The molecule has 1 heterocycles. The molecule has 1 aliphatic heterocycles. The van der Waals surface area contributed by atoms with Gasteiger partial charge >= 0.3 is 5.97 Å². The number of piperazine rings is 1. The maximum absolute atomic E-state index is 12.6. The van der Waals surface area contributed by atoms with Crippen molar-refractivity contribution in [2.24, 2.45) is 17.8 Å². The Morgan fingerprint density at radius 1 is 1.19 bits per heavy atom. The van der Waals surface area contributed by atoms with Gasteiger partial charge in [0.15, 0.2) is 0 Å². The number of rotatable bonds is 4. The molecule has 116 valence electrons. The molecule has 3 unspecified atom stereocenters. The van der Waals surface area contributed by atoms with E-state index in [0.29, 0.717) is 32.0 Å². The van der Waals surface area contributed by atoms with Crippen molar-refractivity contribution < 1.29 is 14.7 Å². The predicted molar refractivity (Wildman–Crippen MR) is 79.5 cm³/mol. The van der Waals surface area contributed by atoms with Gasteiger partial charge < -0.3 is 10.0 Å². The van der Waals surface area contributed by atoms with E-state index in [9.17, 15) is 14.7 Å². The predicted octanol–water partition coefficient (Wildman–Crippen LogP) is 0.901. The maximum atomic E-state index is 12.6. The van der Waals surface area contributed by atoms with Crippen molar-refractivity contribution in [3.63, 3.8) is 0 Å². The number of carboxylic acids is 1. The van der Waals surface area contributed by atoms with Crippen molar-refractivity contribution >= 4 is 11.9 Å². The number of carbonyl (C=O) groups excluding carboxylic acids is 1. The fourth-order valence-corrected chi connectivity index (χ4v) is 3.51. The van der Waals surface area contributed by atoms with Gasteiger partial charge in [-0.05, 0) is 18.8 Å². The summed E-state index contributed by atoms with van der Waals surface area (Å²) in [5, 5.41) is 9.36. The van der Waals surface area contributed by atoms with E-state index in [2.05, 4.69) is 17.7 Å². The third-order valence-electron chi connectivity index (χ3n) is 4.87. The second-order valence-corrected chi connectivity index (χ2v) is 6.10. The van der Waals surface area contributed by atoms with Crippen LogP contribution in [-0.2, 0) is 9.59 Å². The van der Waals surface area contributed by atoms with Crippen molar-refractivity contribution in [3.8, 4) is 12.3 Å². The van der Waals surface area contributed by atoms with Crippen molar-refractivity contribution in [3.05, 3.63) is 0 Å². The molecule has 3 atom stereocenters. The van der Waals surface area contributed by atoms with Gasteiger partial charge in [-0.15, -0.1) is 6.42 Å². The summed E-state index contributed by atoms with van der Waals surface area (Å²) in [4.78, 5) is 28.0. The average Bonchev–Trinajstić information content (AvgIpc) is 2.92. The van der Waals surface area contributed by atoms with E-state index in [0.717, 1.165) is 25.9 Å². The Hall–Kier alpha value is -1.54. The second-order valence-electron chi connectivity index (χ2n) is 6.10. The zero-order chi connectivity index (χ0) is 15.4. The first-order chi connectivity index (χ1) is 10.1. The van der Waals surface area contributed by atoms with Gasteiger partial charge in [0, 0.05) is 26.2 Å². The summed E-state index contributed by atoms with van der Waals surface area (Å²) in [6.45, 7) is 5.53. The molecular weight excluding hydrogens is 268 g/mol. The minimum absolute atomic E-state index is 0.0266. The highest BCUT2D eigenvalue weighted by atomic mass is 16.4. The molecule has 5 nitrogen and oxygen atoms in total. The topological polar surface area (TPSA) is 60.9 Å². The molecule has 1 saturated carbocycles. The molecule has 0 radical (unpaired) electrons. The van der Waals surface area contributed by atoms with Crippen LogP contribution in [0.3, 0.4) is 0 Å². The van der Waals surface area contributed by atoms with E-state index in [1.54, 1.807) is 0 Å². The Morgan fingerprint density at radius 3 is 2.33 bits per heavy atom. The molecule has 1 saturated heterocycles. The van der Waals surface area contributed by atoms with Crippen LogP contribution in [0.1, 0.15) is 26.2 Å². The van der Waals surface area contributed by atoms with Crippen molar-refractivity contribution in [2.45, 2.75) is 26.2 Å². The minimum atomic E-state index is -0.824. The number of amides is 1. The van der Waals surface area contributed by atoms with E-state index < -0.39 is 11.9 Å². The van der Waals surface area contributed by atoms with E-state index >= 15 is 0 Å². The number of terminal acetylenes is 1. The molecule has 0 aromatic rings. The molecule has 0 spiro atoms. The first kappa shape index (κ1) is 15.8. The van der Waals surface area contributed by atoms with Crippen molar-refractivity contribution in [1.82, 2.24) is 9.80 Å². The lowest BCUT2D eigenvalue weighted by atomic mass is 9.94. The molecule has 5 heteroatoms. The lowest BCUT2D eigenvalue weighted by Crippen LogP contribution is -2.51. The highest BCUT2D eigenvalue weighted by Crippen LogP contribution is 2.39. The Kier molecular flexibility index (Phi) is 5.24. The second kappa shape index (κ2) is 6.95. The first-order valence-electron chi connectivity index (χ1n) is 7.74. The average molecular weight is 292 g/mol. The maximum Gasteiger partial charge on any atom is 0.307 e. The molecule has 0 aromatic heterocycles. The quantitative estimate of drug-likeness (QED) is 0.782. The van der Waals surface area contributed by atoms with Crippen molar-refractivity contribution in [2.75, 3.05) is 32.7 Å². The fraction of sp³-hybridized carbons (Fsp3) is 0.750. The van der Waals surface area contributed by atoms with Crippen LogP contribution in [-0.4, -0.2) is 59.5 Å². The van der Waals surface area contributed by atoms with Crippen molar-refractivity contribution in [1.29, 1.82) is 0 Å². The van der Waals surface area contributed by atoms with Crippen LogP contribution in [0.25, 0.3) is 0 Å². The Balaban J connectivity index is 1.96. The van der Waals surface area contributed by atoms with Gasteiger partial charge in [0.1, 0.15) is 0 Å². The van der Waals surface area contributed by atoms with Crippen LogP contribution in [0.2, 0.25) is 0 Å². The zero-order valence-corrected chi connectivity index (χ0v) is 12.6. The van der Waals surface area contributed by atoms with Gasteiger partial charge in [-0.25, -0.2) is 0 Å². The molecule has 0 aromatic carbocycles. The third-order valence-corrected chi connectivity index (χ3v) is 4.87. The van der Waals surface area contributed by atoms with E-state index in [4.69, 9.17) is 6.42 Å². The first-order valence-corrected chi connectivity index (χ1v) is 7.74. The number of hydrogen-bond donors (Lipinski definition) is 1. The van der Waals surface area contributed by atoms with E-state index in [1.165, 1.54) is 0 Å². The molecule has 2 fully saturated rings. The minimum Gasteiger partial charge on any atom is -0.481 e. The molecular formula is C16H24N2O3. The summed E-state index contributed by atoms with van der Waals surface area (Å²) in [5.74, 6) is 1.33. The summed E-state index contributed by atoms with van der Waals surface area (Å²) >= 11 is 0. The van der Waals surface area contributed by atoms with Crippen LogP contribution in [0.15, 0.2) is 0 Å². The van der Waals surface area contributed by atoms with Crippen LogP contribution in [0.5, 0.6) is 0 Å². The highest BCUT2D eigenvalue weighted by molar-refractivity contribution is 5.85.